The zero-order valence-corrected chi connectivity index (χ0v) is 29.7. The number of benzene rings is 1. The van der Waals surface area contributed by atoms with Crippen LogP contribution in [0.2, 0.25) is 0 Å². The van der Waals surface area contributed by atoms with Crippen molar-refractivity contribution in [3.05, 3.63) is 113 Å². The average Bonchev–Trinajstić information content (AvgIpc) is 3.88. The minimum absolute atomic E-state index is 0.0486. The molecule has 0 aliphatic carbocycles. The van der Waals surface area contributed by atoms with Gasteiger partial charge in [-0.15, -0.1) is 11.3 Å². The van der Waals surface area contributed by atoms with Gasteiger partial charge in [0.1, 0.15) is 24.0 Å². The van der Waals surface area contributed by atoms with E-state index in [0.29, 0.717) is 49.5 Å². The molecule has 1 unspecified atom stereocenters. The summed E-state index contributed by atoms with van der Waals surface area (Å²) in [5.74, 6) is -1.85. The topological polar surface area (TPSA) is 108 Å². The molecule has 52 heavy (non-hydrogen) atoms. The van der Waals surface area contributed by atoms with Crippen LogP contribution >= 0.6 is 11.3 Å². The molecular formula is C39H38F2N6O4S. The van der Waals surface area contributed by atoms with Gasteiger partial charge in [-0.1, -0.05) is 19.6 Å². The minimum Gasteiger partial charge on any atom is -0.497 e. The number of thiophene rings is 1. The van der Waals surface area contributed by atoms with Gasteiger partial charge in [-0.25, -0.2) is 8.78 Å². The fraction of sp³-hybridized carbons (Fsp3) is 0.282. The van der Waals surface area contributed by atoms with Gasteiger partial charge >= 0.3 is 0 Å². The number of aryl methyl sites for hydroxylation is 1. The first kappa shape index (κ1) is 35.0. The number of carbonyl (C=O) groups excluding carboxylic acids is 1. The van der Waals surface area contributed by atoms with Crippen LogP contribution in [0.15, 0.2) is 66.9 Å². The molecule has 2 aliphatic heterocycles. The van der Waals surface area contributed by atoms with Crippen LogP contribution < -0.4 is 4.74 Å². The molecule has 2 atom stereocenters. The number of aliphatic hydroxyl groups excluding tert-OH is 1. The van der Waals surface area contributed by atoms with Crippen molar-refractivity contribution in [2.45, 2.75) is 38.3 Å². The van der Waals surface area contributed by atoms with Crippen molar-refractivity contribution in [3.8, 4) is 16.9 Å². The van der Waals surface area contributed by atoms with Crippen molar-refractivity contribution < 1.29 is 28.2 Å². The molecule has 1 aromatic carbocycles. The molecule has 7 rings (SSSR count). The van der Waals surface area contributed by atoms with Gasteiger partial charge in [-0.2, -0.15) is 10.2 Å². The molecule has 13 heteroatoms. The molecule has 0 saturated carbocycles. The molecule has 5 aromatic rings. The number of aliphatic hydroxyl groups is 1. The SMILES string of the molecule is C=CC(=O)N1CCn2nc(C3CCOc4cc(F)cc(F)c4-c4c3nc(/C=C/c3cnn(C)c3/C=C/OC/C=C/CO)c3ccsc43)cc2[C@@H]1CC. The number of ether oxygens (including phenoxy) is 2. The Labute approximate surface area is 303 Å². The van der Waals surface area contributed by atoms with Crippen LogP contribution in [0.1, 0.15) is 65.8 Å². The summed E-state index contributed by atoms with van der Waals surface area (Å²) in [6.07, 6.45) is 14.8. The van der Waals surface area contributed by atoms with Crippen molar-refractivity contribution in [3.63, 3.8) is 0 Å². The maximum Gasteiger partial charge on any atom is 0.246 e. The Balaban J connectivity index is 1.36. The van der Waals surface area contributed by atoms with E-state index in [4.69, 9.17) is 24.7 Å². The van der Waals surface area contributed by atoms with Crippen LogP contribution in [-0.4, -0.2) is 66.8 Å². The van der Waals surface area contributed by atoms with Crippen LogP contribution in [0.5, 0.6) is 5.75 Å². The van der Waals surface area contributed by atoms with Crippen molar-refractivity contribution >= 4 is 45.6 Å². The van der Waals surface area contributed by atoms with E-state index in [0.717, 1.165) is 38.8 Å². The molecule has 0 fully saturated rings. The minimum atomic E-state index is -0.730. The summed E-state index contributed by atoms with van der Waals surface area (Å²) in [6.45, 7) is 7.21. The summed E-state index contributed by atoms with van der Waals surface area (Å²) in [5.41, 5.74) is 5.30. The molecule has 2 aliphatic rings. The molecule has 6 heterocycles. The molecule has 0 radical (unpaired) electrons. The average molecular weight is 725 g/mol. The molecular weight excluding hydrogens is 687 g/mol. The highest BCUT2D eigenvalue weighted by Crippen LogP contribution is 2.48. The lowest BCUT2D eigenvalue weighted by Gasteiger charge is -2.35. The number of aromatic nitrogens is 5. The van der Waals surface area contributed by atoms with E-state index in [1.54, 1.807) is 29.3 Å². The zero-order valence-electron chi connectivity index (χ0n) is 28.8. The van der Waals surface area contributed by atoms with Crippen molar-refractivity contribution in [1.29, 1.82) is 0 Å². The Morgan fingerprint density at radius 3 is 2.85 bits per heavy atom. The fourth-order valence-corrected chi connectivity index (χ4v) is 8.00. The predicted molar refractivity (Wildman–Crippen MR) is 197 cm³/mol. The second-order valence-corrected chi connectivity index (χ2v) is 13.4. The van der Waals surface area contributed by atoms with Gasteiger partial charge in [0, 0.05) is 52.9 Å². The largest absolute Gasteiger partial charge is 0.497 e. The normalized spacial score (nSPS) is 17.3. The molecule has 0 saturated heterocycles. The molecule has 0 bridgehead atoms. The third-order valence-corrected chi connectivity index (χ3v) is 10.4. The lowest BCUT2D eigenvalue weighted by molar-refractivity contribution is -0.129. The quantitative estimate of drug-likeness (QED) is 0.0699. The Morgan fingerprint density at radius 1 is 1.17 bits per heavy atom. The molecule has 10 nitrogen and oxygen atoms in total. The summed E-state index contributed by atoms with van der Waals surface area (Å²) in [6, 6.07) is 5.91. The zero-order chi connectivity index (χ0) is 36.4. The number of hydrogen-bond donors (Lipinski definition) is 1. The number of fused-ring (bicyclic) bond motifs is 6. The van der Waals surface area contributed by atoms with Gasteiger partial charge in [-0.3, -0.25) is 19.1 Å². The van der Waals surface area contributed by atoms with Crippen LogP contribution in [0.4, 0.5) is 8.78 Å². The monoisotopic (exact) mass is 724 g/mol. The standard InChI is InChI=1S/C39H38F2N6O4S/c1-4-31-33-22-30(44-47(33)14-13-46(31)35(49)5-2)26-10-18-51-34-21-25(40)20-28(41)36(34)37-38(26)43-29(27-12-19-52-39(27)37)9-8-24-23-42-45(3)32(24)11-17-50-16-7-6-15-48/h5-9,11-12,17,19-23,26,31,48H,2,4,10,13-16,18H2,1,3H3/b7-6+,9-8+,17-11+/t26?,31-/m0/s1. The number of pyridine rings is 1. The highest BCUT2D eigenvalue weighted by Gasteiger charge is 2.35. The van der Waals surface area contributed by atoms with Gasteiger partial charge in [0.25, 0.3) is 0 Å². The van der Waals surface area contributed by atoms with Gasteiger partial charge in [0.2, 0.25) is 5.91 Å². The van der Waals surface area contributed by atoms with Crippen LogP contribution in [0.3, 0.4) is 0 Å². The summed E-state index contributed by atoms with van der Waals surface area (Å²) in [5, 5.41) is 21.2. The predicted octanol–water partition coefficient (Wildman–Crippen LogP) is 7.27. The van der Waals surface area contributed by atoms with Crippen LogP contribution in [0, 0.1) is 11.6 Å². The summed E-state index contributed by atoms with van der Waals surface area (Å²) < 4.78 is 46.6. The van der Waals surface area contributed by atoms with E-state index >= 15 is 4.39 Å². The Bertz CT molecular complexity index is 2230. The first-order chi connectivity index (χ1) is 25.3. The van der Waals surface area contributed by atoms with Gasteiger partial charge < -0.3 is 19.5 Å². The third-order valence-electron chi connectivity index (χ3n) is 9.45. The first-order valence-electron chi connectivity index (χ1n) is 17.1. The van der Waals surface area contributed by atoms with Crippen LogP contribution in [0.25, 0.3) is 39.4 Å². The Kier molecular flexibility index (Phi) is 10.1. The number of carbonyl (C=O) groups is 1. The van der Waals surface area contributed by atoms with Crippen molar-refractivity contribution in [1.82, 2.24) is 29.4 Å². The molecule has 1 N–H and O–H groups in total. The van der Waals surface area contributed by atoms with Gasteiger partial charge in [0.15, 0.2) is 0 Å². The van der Waals surface area contributed by atoms with Crippen LogP contribution in [-0.2, 0) is 23.1 Å². The van der Waals surface area contributed by atoms with E-state index in [9.17, 15) is 9.18 Å². The number of amides is 1. The van der Waals surface area contributed by atoms with Crippen molar-refractivity contribution in [2.24, 2.45) is 7.05 Å². The molecule has 1 amide bonds. The van der Waals surface area contributed by atoms with Gasteiger partial charge in [-0.05, 0) is 60.7 Å². The molecule has 4 aromatic heterocycles. The van der Waals surface area contributed by atoms with Crippen molar-refractivity contribution in [2.75, 3.05) is 26.4 Å². The maximum atomic E-state index is 16.0. The molecule has 0 spiro atoms. The second-order valence-electron chi connectivity index (χ2n) is 12.5. The summed E-state index contributed by atoms with van der Waals surface area (Å²) in [7, 11) is 1.84. The third kappa shape index (κ3) is 6.57. The Morgan fingerprint density at radius 2 is 2.04 bits per heavy atom. The number of hydrogen-bond acceptors (Lipinski definition) is 8. The highest BCUT2D eigenvalue weighted by atomic mass is 32.1. The van der Waals surface area contributed by atoms with E-state index in [1.807, 2.05) is 59.3 Å². The van der Waals surface area contributed by atoms with E-state index in [2.05, 4.69) is 11.7 Å². The van der Waals surface area contributed by atoms with Gasteiger partial charge in [0.05, 0.1) is 72.3 Å². The van der Waals surface area contributed by atoms with E-state index < -0.39 is 17.6 Å². The van der Waals surface area contributed by atoms with E-state index in [-0.39, 0.29) is 36.5 Å². The lowest BCUT2D eigenvalue weighted by atomic mass is 9.88. The second kappa shape index (κ2) is 15.1. The Hall–Kier alpha value is -5.40. The lowest BCUT2D eigenvalue weighted by Crippen LogP contribution is -2.41. The maximum absolute atomic E-state index is 16.0. The summed E-state index contributed by atoms with van der Waals surface area (Å²) >= 11 is 1.46. The summed E-state index contributed by atoms with van der Waals surface area (Å²) in [4.78, 5) is 19.8. The number of halogens is 2. The first-order valence-corrected chi connectivity index (χ1v) is 18.0. The smallest absolute Gasteiger partial charge is 0.246 e. The fourth-order valence-electron chi connectivity index (χ4n) is 7.04. The number of rotatable bonds is 10. The molecule has 268 valence electrons. The highest BCUT2D eigenvalue weighted by molar-refractivity contribution is 7.17. The number of nitrogens with zero attached hydrogens (tertiary/aromatic N) is 6. The van der Waals surface area contributed by atoms with E-state index in [1.165, 1.54) is 23.5 Å².